The molecule has 0 aromatic heterocycles. The van der Waals surface area contributed by atoms with Gasteiger partial charge in [-0.3, -0.25) is 0 Å². The van der Waals surface area contributed by atoms with Gasteiger partial charge in [-0.25, -0.2) is 0 Å². The summed E-state index contributed by atoms with van der Waals surface area (Å²) >= 11 is 0. The third-order valence-electron chi connectivity index (χ3n) is 2.14. The van der Waals surface area contributed by atoms with Gasteiger partial charge in [0.2, 0.25) is 0 Å². The van der Waals surface area contributed by atoms with Gasteiger partial charge in [-0.15, -0.1) is 0 Å². The van der Waals surface area contributed by atoms with Gasteiger partial charge >= 0.3 is 0 Å². The summed E-state index contributed by atoms with van der Waals surface area (Å²) in [5.41, 5.74) is 11.1. The average molecular weight is 196 g/mol. The summed E-state index contributed by atoms with van der Waals surface area (Å²) in [5, 5.41) is 3.66. The van der Waals surface area contributed by atoms with Crippen LogP contribution in [-0.2, 0) is 0 Å². The molecule has 0 spiro atoms. The van der Waals surface area contributed by atoms with E-state index >= 15 is 0 Å². The highest BCUT2D eigenvalue weighted by Gasteiger charge is 2.00. The van der Waals surface area contributed by atoms with Crippen LogP contribution in [0.25, 0.3) is 21.6 Å². The third kappa shape index (κ3) is 1.98. The number of benzene rings is 2. The monoisotopic (exact) mass is 196 g/mol. The topological polar surface area (TPSA) is 48.8 Å². The molecular formula is C12H9N3. The van der Waals surface area contributed by atoms with E-state index in [2.05, 4.69) is 10.0 Å². The van der Waals surface area contributed by atoms with E-state index in [1.54, 1.807) is 0 Å². The Balaban J connectivity index is 2.58. The van der Waals surface area contributed by atoms with Crippen molar-refractivity contribution < 1.29 is 0 Å². The second-order valence-electron chi connectivity index (χ2n) is 3.07. The van der Waals surface area contributed by atoms with Crippen molar-refractivity contribution in [3.8, 4) is 11.1 Å². The Morgan fingerprint density at radius 1 is 0.867 bits per heavy atom. The lowest BCUT2D eigenvalue weighted by Gasteiger charge is -2.03. The largest absolute Gasteiger partial charge is 0.0622 e. The van der Waals surface area contributed by atoms with E-state index in [1.807, 2.05) is 54.6 Å². The summed E-state index contributed by atoms with van der Waals surface area (Å²) in [4.78, 5) is 2.82. The van der Waals surface area contributed by atoms with Crippen LogP contribution in [0.5, 0.6) is 0 Å². The number of rotatable bonds is 2. The van der Waals surface area contributed by atoms with Crippen LogP contribution in [0, 0.1) is 0 Å². The van der Waals surface area contributed by atoms with E-state index in [1.165, 1.54) is 0 Å². The first-order valence-corrected chi connectivity index (χ1v) is 4.61. The van der Waals surface area contributed by atoms with Crippen molar-refractivity contribution in [2.45, 2.75) is 0 Å². The minimum Gasteiger partial charge on any atom is -0.0622 e. The van der Waals surface area contributed by atoms with Gasteiger partial charge < -0.3 is 0 Å². The van der Waals surface area contributed by atoms with E-state index in [9.17, 15) is 0 Å². The Kier molecular flexibility index (Phi) is 2.68. The van der Waals surface area contributed by atoms with Gasteiger partial charge in [0.1, 0.15) is 0 Å². The Labute approximate surface area is 87.6 Å². The number of hydrogen-bond donors (Lipinski definition) is 0. The van der Waals surface area contributed by atoms with Crippen LogP contribution < -0.4 is 0 Å². The van der Waals surface area contributed by atoms with Crippen LogP contribution in [-0.4, -0.2) is 0 Å². The molecule has 72 valence electrons. The predicted molar refractivity (Wildman–Crippen MR) is 60.7 cm³/mol. The fraction of sp³-hybridized carbons (Fsp3) is 0. The molecule has 0 unspecified atom stereocenters. The molecule has 3 heteroatoms. The molecule has 0 aliphatic rings. The molecule has 0 fully saturated rings. The van der Waals surface area contributed by atoms with Crippen molar-refractivity contribution >= 4 is 5.69 Å². The van der Waals surface area contributed by atoms with Crippen LogP contribution in [0.15, 0.2) is 59.7 Å². The molecule has 0 saturated carbocycles. The maximum absolute atomic E-state index is 8.45. The van der Waals surface area contributed by atoms with E-state index in [0.29, 0.717) is 5.69 Å². The maximum atomic E-state index is 8.45. The minimum absolute atomic E-state index is 0.659. The van der Waals surface area contributed by atoms with Crippen LogP contribution in [0.2, 0.25) is 0 Å². The summed E-state index contributed by atoms with van der Waals surface area (Å²) in [5.74, 6) is 0. The van der Waals surface area contributed by atoms with Gasteiger partial charge in [-0.1, -0.05) is 59.7 Å². The standard InChI is InChI=1S/C12H9N3/c13-15-14-12-9-5-4-8-11(12)10-6-2-1-3-7-10/h1-9H/i14+1. The fourth-order valence-electron chi connectivity index (χ4n) is 1.47. The highest BCUT2D eigenvalue weighted by atomic mass is 15.7. The van der Waals surface area contributed by atoms with E-state index < -0.39 is 0 Å². The van der Waals surface area contributed by atoms with Crippen molar-refractivity contribution in [2.24, 2.45) is 5.11 Å². The van der Waals surface area contributed by atoms with Crippen molar-refractivity contribution in [1.29, 1.82) is 0 Å². The Morgan fingerprint density at radius 2 is 1.53 bits per heavy atom. The van der Waals surface area contributed by atoms with E-state index in [4.69, 9.17) is 5.53 Å². The highest BCUT2D eigenvalue weighted by Crippen LogP contribution is 2.29. The first-order chi connectivity index (χ1) is 7.42. The number of hydrogen-bond acceptors (Lipinski definition) is 1. The summed E-state index contributed by atoms with van der Waals surface area (Å²) < 4.78 is 0. The molecule has 0 aliphatic heterocycles. The average Bonchev–Trinajstić information content (AvgIpc) is 2.31. The first-order valence-electron chi connectivity index (χ1n) is 4.61. The second-order valence-corrected chi connectivity index (χ2v) is 3.07. The number of nitrogens with zero attached hydrogens (tertiary/aromatic N) is 3. The second kappa shape index (κ2) is 4.31. The smallest absolute Gasteiger partial charge is 0.0453 e. The lowest BCUT2D eigenvalue weighted by molar-refractivity contribution is 1.47. The molecule has 0 heterocycles. The highest BCUT2D eigenvalue weighted by molar-refractivity contribution is 5.75. The van der Waals surface area contributed by atoms with Gasteiger partial charge in [0, 0.05) is 10.6 Å². The van der Waals surface area contributed by atoms with Crippen LogP contribution >= 0.6 is 0 Å². The summed E-state index contributed by atoms with van der Waals surface area (Å²) in [6, 6.07) is 17.4. The van der Waals surface area contributed by atoms with Crippen molar-refractivity contribution in [1.82, 2.24) is 0 Å². The Morgan fingerprint density at radius 3 is 2.27 bits per heavy atom. The van der Waals surface area contributed by atoms with Gasteiger partial charge in [0.05, 0.1) is 0 Å². The van der Waals surface area contributed by atoms with Crippen LogP contribution in [0.3, 0.4) is 0 Å². The predicted octanol–water partition coefficient (Wildman–Crippen LogP) is 4.30. The molecular weight excluding hydrogens is 187 g/mol. The maximum Gasteiger partial charge on any atom is 0.0453 e. The summed E-state index contributed by atoms with van der Waals surface area (Å²) in [6.07, 6.45) is 0. The third-order valence-corrected chi connectivity index (χ3v) is 2.14. The fourth-order valence-corrected chi connectivity index (χ4v) is 1.47. The molecule has 2 rings (SSSR count). The SMILES string of the molecule is [N-]=[N+]=[15N]c1ccccc1-c1ccccc1. The van der Waals surface area contributed by atoms with Gasteiger partial charge in [-0.05, 0) is 16.7 Å². The van der Waals surface area contributed by atoms with Crippen LogP contribution in [0.1, 0.15) is 0 Å². The van der Waals surface area contributed by atoms with Crippen molar-refractivity contribution in [2.75, 3.05) is 0 Å². The lowest BCUT2D eigenvalue weighted by Crippen LogP contribution is -1.76. The molecule has 0 aliphatic carbocycles. The zero-order chi connectivity index (χ0) is 10.5. The lowest BCUT2D eigenvalue weighted by atomic mass is 10.0. The summed E-state index contributed by atoms with van der Waals surface area (Å²) in [6.45, 7) is 0. The molecule has 0 radical (unpaired) electrons. The molecule has 0 bridgehead atoms. The molecule has 0 N–H and O–H groups in total. The van der Waals surface area contributed by atoms with Gasteiger partial charge in [0.15, 0.2) is 0 Å². The van der Waals surface area contributed by atoms with Gasteiger partial charge in [0.25, 0.3) is 0 Å². The molecule has 0 amide bonds. The van der Waals surface area contributed by atoms with Gasteiger partial charge in [-0.2, -0.15) is 0 Å². The minimum atomic E-state index is 0.659. The van der Waals surface area contributed by atoms with E-state index in [-0.39, 0.29) is 0 Å². The molecule has 0 saturated heterocycles. The normalized spacial score (nSPS) is 9.33. The zero-order valence-corrected chi connectivity index (χ0v) is 8.04. The van der Waals surface area contributed by atoms with Crippen LogP contribution in [0.4, 0.5) is 5.69 Å². The molecule has 3 nitrogen and oxygen atoms in total. The molecule has 2 aromatic carbocycles. The van der Waals surface area contributed by atoms with Crippen molar-refractivity contribution in [3.05, 3.63) is 65.0 Å². The summed E-state index contributed by atoms with van der Waals surface area (Å²) in [7, 11) is 0. The Hall–Kier alpha value is -2.25. The zero-order valence-electron chi connectivity index (χ0n) is 8.04. The van der Waals surface area contributed by atoms with Crippen molar-refractivity contribution in [3.63, 3.8) is 0 Å². The molecule has 2 aromatic rings. The van der Waals surface area contributed by atoms with E-state index in [0.717, 1.165) is 11.1 Å². The number of azide groups is 1. The Bertz CT molecular complexity index is 499. The quantitative estimate of drug-likeness (QED) is 0.297. The molecule has 0 atom stereocenters. The molecule has 15 heavy (non-hydrogen) atoms. The first kappa shape index (κ1) is 9.31.